The van der Waals surface area contributed by atoms with Crippen LogP contribution >= 0.6 is 23.2 Å². The van der Waals surface area contributed by atoms with E-state index >= 15 is 0 Å². The van der Waals surface area contributed by atoms with Crippen molar-refractivity contribution >= 4 is 23.2 Å². The predicted octanol–water partition coefficient (Wildman–Crippen LogP) is 4.56. The zero-order valence-corrected chi connectivity index (χ0v) is 12.6. The molecule has 2 unspecified atom stereocenters. The molecule has 2 atom stereocenters. The van der Waals surface area contributed by atoms with Crippen LogP contribution in [0.3, 0.4) is 0 Å². The van der Waals surface area contributed by atoms with Gasteiger partial charge in [0, 0.05) is 6.04 Å². The molecule has 1 aliphatic carbocycles. The summed E-state index contributed by atoms with van der Waals surface area (Å²) in [6.45, 7) is 5.52. The van der Waals surface area contributed by atoms with E-state index in [1.807, 2.05) is 12.1 Å². The van der Waals surface area contributed by atoms with Crippen molar-refractivity contribution in [3.05, 3.63) is 33.8 Å². The Morgan fingerprint density at radius 2 is 1.94 bits per heavy atom. The number of halogens is 2. The molecule has 1 aromatic rings. The zero-order chi connectivity index (χ0) is 13.1. The van der Waals surface area contributed by atoms with Gasteiger partial charge in [-0.15, -0.1) is 0 Å². The fraction of sp³-hybridized carbons (Fsp3) is 0.600. The molecule has 1 N–H and O–H groups in total. The van der Waals surface area contributed by atoms with Gasteiger partial charge in [-0.3, -0.25) is 0 Å². The summed E-state index contributed by atoms with van der Waals surface area (Å²) in [5.41, 5.74) is 1.20. The lowest BCUT2D eigenvalue weighted by molar-refractivity contribution is 0.168. The van der Waals surface area contributed by atoms with Crippen LogP contribution in [0.5, 0.6) is 0 Å². The predicted molar refractivity (Wildman–Crippen MR) is 79.5 cm³/mol. The first-order chi connectivity index (χ1) is 8.58. The number of rotatable bonds is 5. The van der Waals surface area contributed by atoms with E-state index in [1.54, 1.807) is 0 Å². The molecule has 0 saturated heterocycles. The molecule has 0 heterocycles. The maximum atomic E-state index is 6.25. The van der Waals surface area contributed by atoms with E-state index in [1.165, 1.54) is 18.4 Å². The Balaban J connectivity index is 1.91. The van der Waals surface area contributed by atoms with Gasteiger partial charge in [0.2, 0.25) is 0 Å². The van der Waals surface area contributed by atoms with Gasteiger partial charge in [0.15, 0.2) is 0 Å². The number of nitrogens with one attached hydrogen (secondary N) is 1. The number of benzene rings is 1. The van der Waals surface area contributed by atoms with Crippen LogP contribution < -0.4 is 5.32 Å². The van der Waals surface area contributed by atoms with Crippen molar-refractivity contribution in [3.63, 3.8) is 0 Å². The van der Waals surface area contributed by atoms with Crippen LogP contribution in [0.25, 0.3) is 0 Å². The molecule has 1 aliphatic rings. The second-order valence-electron chi connectivity index (χ2n) is 5.58. The summed E-state index contributed by atoms with van der Waals surface area (Å²) in [6.07, 6.45) is 3.71. The summed E-state index contributed by atoms with van der Waals surface area (Å²) in [5, 5.41) is 4.94. The summed E-state index contributed by atoms with van der Waals surface area (Å²) in [4.78, 5) is 0. The lowest BCUT2D eigenvalue weighted by atomic mass is 9.70. The van der Waals surface area contributed by atoms with Crippen LogP contribution in [0.15, 0.2) is 18.2 Å². The smallest absolute Gasteiger partial charge is 0.0624 e. The Morgan fingerprint density at radius 3 is 2.56 bits per heavy atom. The van der Waals surface area contributed by atoms with Crippen LogP contribution in [-0.4, -0.2) is 12.6 Å². The van der Waals surface area contributed by atoms with E-state index in [0.29, 0.717) is 11.1 Å². The fourth-order valence-corrected chi connectivity index (χ4v) is 2.95. The molecule has 2 rings (SSSR count). The summed E-state index contributed by atoms with van der Waals surface area (Å²) in [7, 11) is 0. The van der Waals surface area contributed by atoms with E-state index < -0.39 is 0 Å². The van der Waals surface area contributed by atoms with Gasteiger partial charge in [-0.1, -0.05) is 49.2 Å². The molecule has 0 bridgehead atoms. The number of hydrogen-bond acceptors (Lipinski definition) is 1. The van der Waals surface area contributed by atoms with Crippen LogP contribution in [0.1, 0.15) is 32.3 Å². The van der Waals surface area contributed by atoms with Crippen molar-refractivity contribution in [1.29, 1.82) is 0 Å². The maximum absolute atomic E-state index is 6.25. The standard InChI is InChI=1S/C15H21Cl2N/c1-10(2)18-9-13-7-6-11(13)8-12-4-3-5-14(16)15(12)17/h3-5,10-11,13,18H,6-9H2,1-2H3. The minimum Gasteiger partial charge on any atom is -0.314 e. The Kier molecular flexibility index (Phi) is 4.94. The quantitative estimate of drug-likeness (QED) is 0.836. The van der Waals surface area contributed by atoms with E-state index in [0.717, 1.165) is 29.8 Å². The lowest BCUT2D eigenvalue weighted by Crippen LogP contribution is -2.38. The van der Waals surface area contributed by atoms with Gasteiger partial charge in [-0.25, -0.2) is 0 Å². The molecule has 3 heteroatoms. The average Bonchev–Trinajstić information content (AvgIpc) is 2.29. The van der Waals surface area contributed by atoms with Crippen molar-refractivity contribution < 1.29 is 0 Å². The van der Waals surface area contributed by atoms with Gasteiger partial charge in [0.1, 0.15) is 0 Å². The largest absolute Gasteiger partial charge is 0.314 e. The van der Waals surface area contributed by atoms with E-state index in [4.69, 9.17) is 23.2 Å². The highest BCUT2D eigenvalue weighted by molar-refractivity contribution is 6.42. The molecule has 0 aliphatic heterocycles. The summed E-state index contributed by atoms with van der Waals surface area (Å²) in [5.74, 6) is 1.55. The molecule has 0 spiro atoms. The van der Waals surface area contributed by atoms with Gasteiger partial charge in [0.05, 0.1) is 10.0 Å². The molecule has 18 heavy (non-hydrogen) atoms. The third-order valence-electron chi connectivity index (χ3n) is 3.88. The van der Waals surface area contributed by atoms with E-state index in [-0.39, 0.29) is 0 Å². The number of hydrogen-bond donors (Lipinski definition) is 1. The highest BCUT2D eigenvalue weighted by Crippen LogP contribution is 2.38. The Hall–Kier alpha value is -0.240. The van der Waals surface area contributed by atoms with Crippen LogP contribution in [-0.2, 0) is 6.42 Å². The van der Waals surface area contributed by atoms with Crippen LogP contribution in [0, 0.1) is 11.8 Å². The van der Waals surface area contributed by atoms with Gasteiger partial charge in [0.25, 0.3) is 0 Å². The minimum atomic E-state index is 0.570. The summed E-state index contributed by atoms with van der Waals surface area (Å²) in [6, 6.07) is 6.51. The third-order valence-corrected chi connectivity index (χ3v) is 4.73. The fourth-order valence-electron chi connectivity index (χ4n) is 2.55. The highest BCUT2D eigenvalue weighted by atomic mass is 35.5. The van der Waals surface area contributed by atoms with Crippen molar-refractivity contribution in [2.75, 3.05) is 6.54 Å². The van der Waals surface area contributed by atoms with Crippen LogP contribution in [0.2, 0.25) is 10.0 Å². The molecule has 1 nitrogen and oxygen atoms in total. The third kappa shape index (κ3) is 3.40. The first-order valence-corrected chi connectivity index (χ1v) is 7.49. The first kappa shape index (κ1) is 14.2. The molecule has 1 aromatic carbocycles. The molecule has 100 valence electrons. The topological polar surface area (TPSA) is 12.0 Å². The average molecular weight is 286 g/mol. The van der Waals surface area contributed by atoms with Gasteiger partial charge in [-0.2, -0.15) is 0 Å². The minimum absolute atomic E-state index is 0.570. The second kappa shape index (κ2) is 6.27. The van der Waals surface area contributed by atoms with Gasteiger partial charge < -0.3 is 5.32 Å². The van der Waals surface area contributed by atoms with Crippen LogP contribution in [0.4, 0.5) is 0 Å². The van der Waals surface area contributed by atoms with Crippen molar-refractivity contribution in [1.82, 2.24) is 5.32 Å². The van der Waals surface area contributed by atoms with Gasteiger partial charge >= 0.3 is 0 Å². The van der Waals surface area contributed by atoms with Crippen molar-refractivity contribution in [3.8, 4) is 0 Å². The normalized spacial score (nSPS) is 23.2. The maximum Gasteiger partial charge on any atom is 0.0624 e. The summed E-state index contributed by atoms with van der Waals surface area (Å²) < 4.78 is 0. The molecule has 1 saturated carbocycles. The molecule has 0 radical (unpaired) electrons. The Bertz CT molecular complexity index is 403. The van der Waals surface area contributed by atoms with Gasteiger partial charge in [-0.05, 0) is 49.3 Å². The SMILES string of the molecule is CC(C)NCC1CCC1Cc1cccc(Cl)c1Cl. The van der Waals surface area contributed by atoms with E-state index in [9.17, 15) is 0 Å². The first-order valence-electron chi connectivity index (χ1n) is 6.74. The van der Waals surface area contributed by atoms with Crippen molar-refractivity contribution in [2.24, 2.45) is 11.8 Å². The molecule has 0 aromatic heterocycles. The zero-order valence-electron chi connectivity index (χ0n) is 11.0. The molecule has 1 fully saturated rings. The monoisotopic (exact) mass is 285 g/mol. The Morgan fingerprint density at radius 1 is 1.22 bits per heavy atom. The molecular formula is C15H21Cl2N. The second-order valence-corrected chi connectivity index (χ2v) is 6.36. The lowest BCUT2D eigenvalue weighted by Gasteiger charge is -2.37. The molecular weight excluding hydrogens is 265 g/mol. The van der Waals surface area contributed by atoms with Crippen molar-refractivity contribution in [2.45, 2.75) is 39.2 Å². The molecule has 0 amide bonds. The van der Waals surface area contributed by atoms with E-state index in [2.05, 4.69) is 25.2 Å². The Labute approximate surface area is 120 Å². The summed E-state index contributed by atoms with van der Waals surface area (Å²) >= 11 is 12.3. The highest BCUT2D eigenvalue weighted by Gasteiger charge is 2.31.